The van der Waals surface area contributed by atoms with Crippen LogP contribution in [0, 0.1) is 65.1 Å². The smallest absolute Gasteiger partial charge is 0.0607 e. The Morgan fingerprint density at radius 2 is 0.750 bits per heavy atom. The van der Waals surface area contributed by atoms with Crippen molar-refractivity contribution in [2.24, 2.45) is 65.1 Å². The molecule has 3 saturated heterocycles. The van der Waals surface area contributed by atoms with Gasteiger partial charge in [-0.2, -0.15) is 0 Å². The van der Waals surface area contributed by atoms with E-state index >= 15 is 0 Å². The maximum atomic E-state index is 4.60. The van der Waals surface area contributed by atoms with Gasteiger partial charge in [0.25, 0.3) is 0 Å². The van der Waals surface area contributed by atoms with E-state index in [1.54, 1.807) is 116 Å². The molecule has 0 spiro atoms. The topological polar surface area (TPSA) is 18.5 Å². The second-order valence-electron chi connectivity index (χ2n) is 23.8. The third kappa shape index (κ3) is 7.48. The van der Waals surface area contributed by atoms with Gasteiger partial charge in [-0.1, -0.05) is 109 Å². The molecular formula is C53H89N3. The number of likely N-dealkylation sites (tertiary alicyclic amines) is 2. The molecule has 0 bridgehead atoms. The normalized spacial score (nSPS) is 49.2. The van der Waals surface area contributed by atoms with Crippen molar-refractivity contribution in [3.05, 3.63) is 0 Å². The SMILES string of the molecule is C1CCC(C2CCC(N3C4CCCCC4C4CCC(C5CCC6C(C5)C5CCCCC5N6C5CC(C6CCCCC6)CC(C6CCCCC6)N5)CC43)CC2)CC1. The van der Waals surface area contributed by atoms with E-state index in [9.17, 15) is 0 Å². The number of rotatable bonds is 6. The second-order valence-corrected chi connectivity index (χ2v) is 23.8. The van der Waals surface area contributed by atoms with Crippen LogP contribution in [-0.4, -0.2) is 52.2 Å². The van der Waals surface area contributed by atoms with Crippen LogP contribution in [0.5, 0.6) is 0 Å². The molecular weight excluding hydrogens is 679 g/mol. The first-order valence-electron chi connectivity index (χ1n) is 27.1. The van der Waals surface area contributed by atoms with Gasteiger partial charge in [0.1, 0.15) is 0 Å². The Morgan fingerprint density at radius 1 is 0.268 bits per heavy atom. The number of fused-ring (bicyclic) bond motifs is 6. The van der Waals surface area contributed by atoms with Crippen molar-refractivity contribution < 1.29 is 0 Å². The number of hydrogen-bond donors (Lipinski definition) is 1. The van der Waals surface area contributed by atoms with Crippen LogP contribution in [0.25, 0.3) is 0 Å². The Morgan fingerprint density at radius 3 is 1.45 bits per heavy atom. The van der Waals surface area contributed by atoms with Gasteiger partial charge in [-0.15, -0.1) is 0 Å². The molecule has 3 nitrogen and oxygen atoms in total. The van der Waals surface area contributed by atoms with Crippen molar-refractivity contribution in [1.82, 2.24) is 15.1 Å². The highest BCUT2D eigenvalue weighted by molar-refractivity contribution is 5.10. The number of piperidine rings is 1. The standard InChI is InChI=1S/C53H89N3/c1-4-14-36(15-5-1)38-24-28-43(29-25-38)55-49-22-12-10-20-44(49)46-30-26-41(34-52(46)55)40-27-31-51-47(32-40)45-21-11-13-23-50(45)56(51)53-35-42(37-16-6-2-7-17-37)33-48(54-53)39-18-8-3-9-19-39/h36-54H,1-35H2. The first-order chi connectivity index (χ1) is 27.8. The molecule has 11 rings (SSSR count). The van der Waals surface area contributed by atoms with E-state index in [0.29, 0.717) is 6.17 Å². The van der Waals surface area contributed by atoms with E-state index in [-0.39, 0.29) is 0 Å². The average Bonchev–Trinajstić information content (AvgIpc) is 3.79. The maximum absolute atomic E-state index is 4.60. The molecule has 3 aliphatic heterocycles. The highest BCUT2D eigenvalue weighted by Gasteiger charge is 2.57. The molecule has 11 aliphatic rings. The predicted molar refractivity (Wildman–Crippen MR) is 233 cm³/mol. The van der Waals surface area contributed by atoms with Crippen LogP contribution < -0.4 is 5.32 Å². The third-order valence-corrected chi connectivity index (χ3v) is 21.5. The molecule has 8 aliphatic carbocycles. The summed E-state index contributed by atoms with van der Waals surface area (Å²) in [7, 11) is 0. The first-order valence-corrected chi connectivity index (χ1v) is 27.1. The lowest BCUT2D eigenvalue weighted by atomic mass is 9.62. The zero-order chi connectivity index (χ0) is 37.0. The lowest BCUT2D eigenvalue weighted by Gasteiger charge is -2.51. The minimum atomic E-state index is 0.693. The number of nitrogens with zero attached hydrogens (tertiary/aromatic N) is 2. The minimum absolute atomic E-state index is 0.693. The summed E-state index contributed by atoms with van der Waals surface area (Å²) in [6.45, 7) is 0. The van der Waals surface area contributed by atoms with Gasteiger partial charge >= 0.3 is 0 Å². The number of hydrogen-bond acceptors (Lipinski definition) is 3. The Balaban J connectivity index is 0.793. The lowest BCUT2D eigenvalue weighted by molar-refractivity contribution is -0.0103. The molecule has 0 amide bonds. The Labute approximate surface area is 346 Å². The molecule has 11 fully saturated rings. The van der Waals surface area contributed by atoms with Gasteiger partial charge in [0, 0.05) is 36.3 Å². The van der Waals surface area contributed by atoms with Gasteiger partial charge in [-0.3, -0.25) is 15.1 Å². The van der Waals surface area contributed by atoms with Gasteiger partial charge in [0.05, 0.1) is 6.17 Å². The summed E-state index contributed by atoms with van der Waals surface area (Å²) in [4.78, 5) is 6.71. The zero-order valence-electron chi connectivity index (χ0n) is 36.5. The van der Waals surface area contributed by atoms with Crippen LogP contribution in [0.2, 0.25) is 0 Å². The van der Waals surface area contributed by atoms with E-state index < -0.39 is 0 Å². The summed E-state index contributed by atoms with van der Waals surface area (Å²) in [6, 6.07) is 5.48. The van der Waals surface area contributed by atoms with Crippen LogP contribution in [0.4, 0.5) is 0 Å². The zero-order valence-corrected chi connectivity index (χ0v) is 36.5. The fourth-order valence-corrected chi connectivity index (χ4v) is 19.1. The molecule has 13 atom stereocenters. The summed E-state index contributed by atoms with van der Waals surface area (Å²) >= 11 is 0. The highest BCUT2D eigenvalue weighted by Crippen LogP contribution is 2.58. The van der Waals surface area contributed by atoms with Gasteiger partial charge in [-0.25, -0.2) is 0 Å². The van der Waals surface area contributed by atoms with Gasteiger partial charge in [-0.05, 0) is 181 Å². The largest absolute Gasteiger partial charge is 0.299 e. The summed E-state index contributed by atoms with van der Waals surface area (Å²) in [5.74, 6) is 11.4. The summed E-state index contributed by atoms with van der Waals surface area (Å²) in [5, 5.41) is 4.60. The van der Waals surface area contributed by atoms with Gasteiger partial charge in [0.2, 0.25) is 0 Å². The van der Waals surface area contributed by atoms with E-state index in [1.807, 2.05) is 0 Å². The van der Waals surface area contributed by atoms with Crippen LogP contribution in [0.15, 0.2) is 0 Å². The van der Waals surface area contributed by atoms with Crippen molar-refractivity contribution in [3.8, 4) is 0 Å². The number of nitrogens with one attached hydrogen (secondary N) is 1. The first kappa shape index (κ1) is 38.8. The fourth-order valence-electron chi connectivity index (χ4n) is 19.1. The fraction of sp³-hybridized carbons (Fsp3) is 1.00. The molecule has 56 heavy (non-hydrogen) atoms. The minimum Gasteiger partial charge on any atom is -0.299 e. The third-order valence-electron chi connectivity index (χ3n) is 21.5. The Hall–Kier alpha value is -0.120. The van der Waals surface area contributed by atoms with Crippen LogP contribution in [0.3, 0.4) is 0 Å². The molecule has 0 aromatic carbocycles. The van der Waals surface area contributed by atoms with Crippen molar-refractivity contribution in [2.45, 2.75) is 267 Å². The molecule has 1 N–H and O–H groups in total. The molecule has 3 heteroatoms. The van der Waals surface area contributed by atoms with Gasteiger partial charge < -0.3 is 0 Å². The van der Waals surface area contributed by atoms with Crippen LogP contribution in [0.1, 0.15) is 225 Å². The predicted octanol–water partition coefficient (Wildman–Crippen LogP) is 13.3. The Bertz CT molecular complexity index is 1230. The molecule has 3 heterocycles. The second kappa shape index (κ2) is 17.3. The van der Waals surface area contributed by atoms with Gasteiger partial charge in [0.15, 0.2) is 0 Å². The highest BCUT2D eigenvalue weighted by atomic mass is 15.3. The quantitative estimate of drug-likeness (QED) is 0.290. The molecule has 0 aromatic heterocycles. The van der Waals surface area contributed by atoms with E-state index in [4.69, 9.17) is 0 Å². The summed E-state index contributed by atoms with van der Waals surface area (Å²) in [6.07, 6.45) is 54.8. The Kier molecular flexibility index (Phi) is 12.0. The average molecular weight is 768 g/mol. The molecule has 13 unspecified atom stereocenters. The monoisotopic (exact) mass is 768 g/mol. The lowest BCUT2D eigenvalue weighted by Crippen LogP contribution is -2.61. The molecule has 316 valence electrons. The molecule has 0 radical (unpaired) electrons. The van der Waals surface area contributed by atoms with E-state index in [0.717, 1.165) is 101 Å². The van der Waals surface area contributed by atoms with E-state index in [1.165, 1.54) is 109 Å². The van der Waals surface area contributed by atoms with Crippen molar-refractivity contribution in [3.63, 3.8) is 0 Å². The molecule has 0 aromatic rings. The van der Waals surface area contributed by atoms with Crippen LogP contribution in [-0.2, 0) is 0 Å². The maximum Gasteiger partial charge on any atom is 0.0607 e. The van der Waals surface area contributed by atoms with Crippen molar-refractivity contribution in [1.29, 1.82) is 0 Å². The molecule has 8 saturated carbocycles. The summed E-state index contributed by atoms with van der Waals surface area (Å²) in [5.41, 5.74) is 0. The van der Waals surface area contributed by atoms with Crippen molar-refractivity contribution in [2.75, 3.05) is 0 Å². The van der Waals surface area contributed by atoms with Crippen molar-refractivity contribution >= 4 is 0 Å². The van der Waals surface area contributed by atoms with Crippen LogP contribution >= 0.6 is 0 Å². The summed E-state index contributed by atoms with van der Waals surface area (Å²) < 4.78 is 0. The van der Waals surface area contributed by atoms with E-state index in [2.05, 4.69) is 15.1 Å².